The molecule has 4 aromatic rings. The summed E-state index contributed by atoms with van der Waals surface area (Å²) in [4.78, 5) is 12.3. The zero-order chi connectivity index (χ0) is 24.2. The van der Waals surface area contributed by atoms with Gasteiger partial charge in [0.1, 0.15) is 11.9 Å². The summed E-state index contributed by atoms with van der Waals surface area (Å²) >= 11 is 0. The van der Waals surface area contributed by atoms with Crippen LogP contribution in [-0.2, 0) is 11.2 Å². The highest BCUT2D eigenvalue weighted by molar-refractivity contribution is 5.91. The van der Waals surface area contributed by atoms with E-state index < -0.39 is 0 Å². The predicted octanol–water partition coefficient (Wildman–Crippen LogP) is 6.05. The molecular weight excluding hydrogens is 434 g/mol. The molecule has 1 aliphatic heterocycles. The number of esters is 1. The first kappa shape index (κ1) is 23.1. The van der Waals surface area contributed by atoms with Gasteiger partial charge in [-0.05, 0) is 65.9 Å². The summed E-state index contributed by atoms with van der Waals surface area (Å²) in [5.41, 5.74) is 5.19. The maximum atomic E-state index is 12.3. The average Bonchev–Trinajstić information content (AvgIpc) is 2.90. The lowest BCUT2D eigenvalue weighted by atomic mass is 9.83. The Morgan fingerprint density at radius 1 is 1.00 bits per heavy atom. The quantitative estimate of drug-likeness (QED) is 0.267. The molecule has 0 unspecified atom stereocenters. The van der Waals surface area contributed by atoms with E-state index in [-0.39, 0.29) is 18.0 Å². The maximum absolute atomic E-state index is 12.3. The molecule has 0 fully saturated rings. The van der Waals surface area contributed by atoms with Gasteiger partial charge in [-0.15, -0.1) is 0 Å². The number of benzene rings is 4. The molecule has 4 heteroatoms. The van der Waals surface area contributed by atoms with Crippen molar-refractivity contribution < 1.29 is 14.3 Å². The first-order valence-corrected chi connectivity index (χ1v) is 12.3. The average molecular weight is 466 g/mol. The topological polar surface area (TPSA) is 47.6 Å². The van der Waals surface area contributed by atoms with Crippen LogP contribution in [-0.4, -0.2) is 32.3 Å². The molecule has 1 aliphatic rings. The lowest BCUT2D eigenvalue weighted by molar-refractivity contribution is 0.0599. The van der Waals surface area contributed by atoms with Crippen molar-refractivity contribution in [1.29, 1.82) is 0 Å². The molecule has 1 N–H and O–H groups in total. The molecule has 4 nitrogen and oxygen atoms in total. The smallest absolute Gasteiger partial charge is 0.338 e. The Balaban J connectivity index is 1.30. The molecule has 1 heterocycles. The number of nitrogens with one attached hydrogen (secondary N) is 1. The van der Waals surface area contributed by atoms with Crippen molar-refractivity contribution in [3.8, 4) is 5.75 Å². The highest BCUT2D eigenvalue weighted by Gasteiger charge is 2.29. The molecule has 0 aliphatic carbocycles. The fourth-order valence-electron chi connectivity index (χ4n) is 5.12. The normalized spacial score (nSPS) is 17.0. The Hall–Kier alpha value is -3.63. The van der Waals surface area contributed by atoms with E-state index in [1.54, 1.807) is 0 Å². The van der Waals surface area contributed by atoms with Crippen molar-refractivity contribution >= 4 is 16.7 Å². The number of ether oxygens (including phenoxy) is 2. The van der Waals surface area contributed by atoms with Gasteiger partial charge < -0.3 is 14.8 Å². The first-order chi connectivity index (χ1) is 17.1. The maximum Gasteiger partial charge on any atom is 0.338 e. The highest BCUT2D eigenvalue weighted by atomic mass is 16.5. The van der Waals surface area contributed by atoms with Gasteiger partial charge in [0.05, 0.1) is 12.7 Å². The number of methoxy groups -OCH3 is 1. The van der Waals surface area contributed by atoms with Gasteiger partial charge >= 0.3 is 5.97 Å². The summed E-state index contributed by atoms with van der Waals surface area (Å²) in [6, 6.07) is 29.4. The van der Waals surface area contributed by atoms with E-state index in [4.69, 9.17) is 9.47 Å². The predicted molar refractivity (Wildman–Crippen MR) is 140 cm³/mol. The van der Waals surface area contributed by atoms with Gasteiger partial charge in [-0.2, -0.15) is 0 Å². The van der Waals surface area contributed by atoms with Gasteiger partial charge in [0.25, 0.3) is 0 Å². The van der Waals surface area contributed by atoms with E-state index in [1.165, 1.54) is 29.0 Å². The van der Waals surface area contributed by atoms with Gasteiger partial charge in [0, 0.05) is 18.0 Å². The minimum atomic E-state index is -0.295. The lowest BCUT2D eigenvalue weighted by Crippen LogP contribution is -2.36. The van der Waals surface area contributed by atoms with E-state index in [1.807, 2.05) is 37.3 Å². The molecule has 0 spiro atoms. The molecule has 0 saturated carbocycles. The molecule has 4 aromatic carbocycles. The van der Waals surface area contributed by atoms with E-state index >= 15 is 0 Å². The second kappa shape index (κ2) is 10.3. The molecule has 0 aromatic heterocycles. The lowest BCUT2D eigenvalue weighted by Gasteiger charge is -2.33. The summed E-state index contributed by atoms with van der Waals surface area (Å²) in [7, 11) is 1.43. The van der Waals surface area contributed by atoms with Gasteiger partial charge in [-0.25, -0.2) is 4.79 Å². The molecule has 0 saturated heterocycles. The van der Waals surface area contributed by atoms with Gasteiger partial charge in [-0.1, -0.05) is 72.8 Å². The monoisotopic (exact) mass is 465 g/mol. The Labute approximate surface area is 206 Å². The summed E-state index contributed by atoms with van der Waals surface area (Å²) in [6.07, 6.45) is 1.86. The van der Waals surface area contributed by atoms with Crippen LogP contribution in [0.1, 0.15) is 45.0 Å². The number of carbonyl (C=O) groups is 1. The minimum absolute atomic E-state index is 0.0466. The van der Waals surface area contributed by atoms with Crippen LogP contribution in [0.2, 0.25) is 0 Å². The minimum Gasteiger partial charge on any atom is -0.489 e. The highest BCUT2D eigenvalue weighted by Crippen LogP contribution is 2.40. The Morgan fingerprint density at radius 3 is 2.69 bits per heavy atom. The fraction of sp³-hybridized carbons (Fsp3) is 0.258. The Bertz CT molecular complexity index is 1340. The number of carbonyl (C=O) groups excluding carboxylic acids is 1. The van der Waals surface area contributed by atoms with E-state index in [2.05, 4.69) is 59.9 Å². The van der Waals surface area contributed by atoms with Crippen LogP contribution in [0.5, 0.6) is 5.75 Å². The summed E-state index contributed by atoms with van der Waals surface area (Å²) < 4.78 is 11.4. The van der Waals surface area contributed by atoms with Crippen molar-refractivity contribution in [3.05, 3.63) is 113 Å². The zero-order valence-corrected chi connectivity index (χ0v) is 20.3. The molecule has 2 atom stereocenters. The second-order valence-corrected chi connectivity index (χ2v) is 9.22. The van der Waals surface area contributed by atoms with Crippen molar-refractivity contribution in [1.82, 2.24) is 5.32 Å². The molecular formula is C31H31NO3. The summed E-state index contributed by atoms with van der Waals surface area (Å²) in [5, 5.41) is 6.22. The van der Waals surface area contributed by atoms with Crippen molar-refractivity contribution in [2.75, 3.05) is 20.2 Å². The van der Waals surface area contributed by atoms with Gasteiger partial charge in [-0.3, -0.25) is 0 Å². The van der Waals surface area contributed by atoms with E-state index in [0.717, 1.165) is 42.8 Å². The standard InChI is InChI=1S/C31H31NO3/c1-21-14-15-24(18-28(21)31(33)34-2)29-19-25(35-30-13-6-5-12-27(29)30)20-32-17-16-23-10-7-9-22-8-3-4-11-26(22)23/h3-15,18,25,29,32H,16-17,19-20H2,1-2H3/t25-,29-/m1/s1. The van der Waals surface area contributed by atoms with E-state index in [0.29, 0.717) is 5.56 Å². The van der Waals surface area contributed by atoms with Gasteiger partial charge in [0.15, 0.2) is 0 Å². The van der Waals surface area contributed by atoms with Crippen LogP contribution in [0.3, 0.4) is 0 Å². The van der Waals surface area contributed by atoms with Crippen LogP contribution < -0.4 is 10.1 Å². The number of hydrogen-bond acceptors (Lipinski definition) is 4. The summed E-state index contributed by atoms with van der Waals surface area (Å²) in [6.45, 7) is 3.60. The molecule has 0 radical (unpaired) electrons. The third-order valence-electron chi connectivity index (χ3n) is 6.98. The number of rotatable bonds is 7. The Kier molecular flexibility index (Phi) is 6.82. The number of aryl methyl sites for hydroxylation is 1. The van der Waals surface area contributed by atoms with Crippen LogP contribution in [0.4, 0.5) is 0 Å². The van der Waals surface area contributed by atoms with Crippen molar-refractivity contribution in [3.63, 3.8) is 0 Å². The summed E-state index contributed by atoms with van der Waals surface area (Å²) in [5.74, 6) is 0.787. The second-order valence-electron chi connectivity index (χ2n) is 9.22. The molecule has 0 bridgehead atoms. The zero-order valence-electron chi connectivity index (χ0n) is 20.3. The first-order valence-electron chi connectivity index (χ1n) is 12.3. The molecule has 5 rings (SSSR count). The van der Waals surface area contributed by atoms with Crippen LogP contribution in [0.25, 0.3) is 10.8 Å². The van der Waals surface area contributed by atoms with E-state index in [9.17, 15) is 4.79 Å². The van der Waals surface area contributed by atoms with Crippen LogP contribution >= 0.6 is 0 Å². The Morgan fingerprint density at radius 2 is 1.80 bits per heavy atom. The number of para-hydroxylation sites is 1. The molecule has 0 amide bonds. The van der Waals surface area contributed by atoms with Crippen LogP contribution in [0, 0.1) is 6.92 Å². The number of hydrogen-bond donors (Lipinski definition) is 1. The van der Waals surface area contributed by atoms with Crippen LogP contribution in [0.15, 0.2) is 84.9 Å². The largest absolute Gasteiger partial charge is 0.489 e. The molecule has 178 valence electrons. The third kappa shape index (κ3) is 4.94. The number of fused-ring (bicyclic) bond motifs is 2. The SMILES string of the molecule is COC(=O)c1cc([C@H]2C[C@H](CNCCc3cccc4ccccc34)Oc3ccccc32)ccc1C. The third-order valence-corrected chi connectivity index (χ3v) is 6.98. The molecule has 35 heavy (non-hydrogen) atoms. The van der Waals surface area contributed by atoms with Gasteiger partial charge in [0.2, 0.25) is 0 Å². The fourth-order valence-corrected chi connectivity index (χ4v) is 5.12. The van der Waals surface area contributed by atoms with Crippen molar-refractivity contribution in [2.24, 2.45) is 0 Å². The van der Waals surface area contributed by atoms with Crippen molar-refractivity contribution in [2.45, 2.75) is 31.8 Å².